The second-order valence-corrected chi connectivity index (χ2v) is 12.5. The molecule has 226 valence electrons. The first-order valence-electron chi connectivity index (χ1n) is 14.3. The molecule has 4 aliphatic rings. The molecule has 1 N–H and O–H groups in total. The maximum Gasteiger partial charge on any atom is 0.434 e. The van der Waals surface area contributed by atoms with Crippen molar-refractivity contribution < 1.29 is 32.5 Å². The Morgan fingerprint density at radius 2 is 1.85 bits per heavy atom. The number of ether oxygens (including phenoxy) is 2. The van der Waals surface area contributed by atoms with E-state index in [2.05, 4.69) is 9.88 Å². The van der Waals surface area contributed by atoms with Crippen LogP contribution in [0.3, 0.4) is 0 Å². The summed E-state index contributed by atoms with van der Waals surface area (Å²) < 4.78 is 53.9. The number of aliphatic hydroxyl groups excluding tert-OH is 1. The van der Waals surface area contributed by atoms with E-state index in [0.717, 1.165) is 12.8 Å². The molecule has 0 aliphatic carbocycles. The van der Waals surface area contributed by atoms with Gasteiger partial charge in [-0.1, -0.05) is 0 Å². The van der Waals surface area contributed by atoms with E-state index in [-0.39, 0.29) is 36.2 Å². The minimum absolute atomic E-state index is 0.0985. The van der Waals surface area contributed by atoms with Crippen LogP contribution in [0.5, 0.6) is 0 Å². The third-order valence-electron chi connectivity index (χ3n) is 8.72. The van der Waals surface area contributed by atoms with Crippen LogP contribution in [-0.4, -0.2) is 109 Å². The molecule has 1 amide bonds. The van der Waals surface area contributed by atoms with Crippen molar-refractivity contribution in [1.29, 1.82) is 5.26 Å². The van der Waals surface area contributed by atoms with E-state index in [4.69, 9.17) is 9.47 Å². The molecule has 0 bridgehead atoms. The first-order valence-corrected chi connectivity index (χ1v) is 14.3. The van der Waals surface area contributed by atoms with Crippen molar-refractivity contribution in [3.8, 4) is 6.07 Å². The van der Waals surface area contributed by atoms with Crippen molar-refractivity contribution in [2.24, 2.45) is 5.92 Å². The van der Waals surface area contributed by atoms with E-state index in [1.54, 1.807) is 26.8 Å². The molecule has 1 aromatic heterocycles. The van der Waals surface area contributed by atoms with Gasteiger partial charge >= 0.3 is 12.3 Å². The highest BCUT2D eigenvalue weighted by Gasteiger charge is 2.47. The maximum absolute atomic E-state index is 14.1. The number of piperazine rings is 1. The average molecular weight is 581 g/mol. The van der Waals surface area contributed by atoms with Gasteiger partial charge in [-0.25, -0.2) is 9.78 Å². The number of hydrogen-bond donors (Lipinski definition) is 1. The Kier molecular flexibility index (Phi) is 8.04. The standard InChI is InChI=1S/C28H39F3N6O4/c1-26(2,3)41-25(39)35-10-8-34(9-11-35)20-16-37(17-20)22-13-23(33-24(21(22)14-32)28(29,30)31)36-7-6-27(5-4-12-40-27)19(15-36)18-38/h13,19-20,38H,4-12,15-18H2,1-3H3. The van der Waals surface area contributed by atoms with E-state index in [1.165, 1.54) is 0 Å². The highest BCUT2D eigenvalue weighted by Crippen LogP contribution is 2.43. The topological polar surface area (TPSA) is 105 Å². The van der Waals surface area contributed by atoms with Gasteiger partial charge in [0, 0.05) is 77.0 Å². The van der Waals surface area contributed by atoms with E-state index in [1.807, 2.05) is 20.8 Å². The van der Waals surface area contributed by atoms with Gasteiger partial charge in [-0.3, -0.25) is 4.90 Å². The van der Waals surface area contributed by atoms with Crippen LogP contribution in [0.25, 0.3) is 0 Å². The van der Waals surface area contributed by atoms with Crippen LogP contribution in [0.1, 0.15) is 51.3 Å². The van der Waals surface area contributed by atoms with Crippen molar-refractivity contribution in [1.82, 2.24) is 14.8 Å². The van der Waals surface area contributed by atoms with Gasteiger partial charge in [0.15, 0.2) is 5.69 Å². The summed E-state index contributed by atoms with van der Waals surface area (Å²) in [6, 6.07) is 3.45. The summed E-state index contributed by atoms with van der Waals surface area (Å²) in [6.45, 7) is 10.00. The zero-order chi connectivity index (χ0) is 29.6. The van der Waals surface area contributed by atoms with Crippen LogP contribution in [0.4, 0.5) is 29.5 Å². The van der Waals surface area contributed by atoms with Crippen molar-refractivity contribution in [3.05, 3.63) is 17.3 Å². The number of carbonyl (C=O) groups is 1. The molecule has 0 saturated carbocycles. The number of rotatable bonds is 4. The number of nitrogens with zero attached hydrogens (tertiary/aromatic N) is 6. The van der Waals surface area contributed by atoms with Crippen molar-refractivity contribution in [2.45, 2.75) is 63.5 Å². The zero-order valence-corrected chi connectivity index (χ0v) is 23.9. The van der Waals surface area contributed by atoms with Crippen LogP contribution in [-0.2, 0) is 15.7 Å². The number of halogens is 3. The van der Waals surface area contributed by atoms with Crippen LogP contribution in [0, 0.1) is 17.2 Å². The normalized spacial score (nSPS) is 26.3. The van der Waals surface area contributed by atoms with Gasteiger partial charge < -0.3 is 29.3 Å². The number of piperidine rings is 1. The lowest BCUT2D eigenvalue weighted by Gasteiger charge is -2.49. The van der Waals surface area contributed by atoms with E-state index in [9.17, 15) is 28.3 Å². The number of nitriles is 1. The van der Waals surface area contributed by atoms with E-state index < -0.39 is 28.6 Å². The van der Waals surface area contributed by atoms with E-state index >= 15 is 0 Å². The van der Waals surface area contributed by atoms with Gasteiger partial charge in [0.05, 0.1) is 17.9 Å². The number of amides is 1. The second kappa shape index (κ2) is 11.1. The third kappa shape index (κ3) is 6.05. The molecular weight excluding hydrogens is 541 g/mol. The largest absolute Gasteiger partial charge is 0.444 e. The first kappa shape index (κ1) is 29.7. The molecule has 1 spiro atoms. The number of hydrogen-bond acceptors (Lipinski definition) is 9. The molecule has 13 heteroatoms. The Morgan fingerprint density at radius 3 is 2.41 bits per heavy atom. The molecule has 1 aromatic rings. The molecule has 5 rings (SSSR count). The number of aromatic nitrogens is 1. The number of alkyl halides is 3. The summed E-state index contributed by atoms with van der Waals surface area (Å²) in [4.78, 5) is 23.8. The predicted octanol–water partition coefficient (Wildman–Crippen LogP) is 3.08. The van der Waals surface area contributed by atoms with Crippen LogP contribution >= 0.6 is 0 Å². The number of carbonyl (C=O) groups excluding carboxylic acids is 1. The van der Waals surface area contributed by atoms with Gasteiger partial charge in [-0.15, -0.1) is 0 Å². The van der Waals surface area contributed by atoms with Crippen molar-refractivity contribution in [3.63, 3.8) is 0 Å². The van der Waals surface area contributed by atoms with Gasteiger partial charge in [0.2, 0.25) is 0 Å². The fourth-order valence-electron chi connectivity index (χ4n) is 6.45. The minimum Gasteiger partial charge on any atom is -0.444 e. The summed E-state index contributed by atoms with van der Waals surface area (Å²) in [7, 11) is 0. The molecular formula is C28H39F3N6O4. The highest BCUT2D eigenvalue weighted by atomic mass is 19.4. The summed E-state index contributed by atoms with van der Waals surface area (Å²) in [5, 5.41) is 19.9. The molecule has 2 unspecified atom stereocenters. The lowest BCUT2D eigenvalue weighted by Crippen LogP contribution is -2.64. The summed E-state index contributed by atoms with van der Waals surface area (Å²) in [5.41, 5.74) is -2.43. The lowest BCUT2D eigenvalue weighted by atomic mass is 9.79. The number of pyridine rings is 1. The summed E-state index contributed by atoms with van der Waals surface area (Å²) >= 11 is 0. The second-order valence-electron chi connectivity index (χ2n) is 12.5. The molecule has 5 heterocycles. The van der Waals surface area contributed by atoms with Crippen molar-refractivity contribution in [2.75, 3.05) is 75.4 Å². The van der Waals surface area contributed by atoms with Crippen LogP contribution in [0.15, 0.2) is 6.07 Å². The van der Waals surface area contributed by atoms with Crippen LogP contribution in [0.2, 0.25) is 0 Å². The van der Waals surface area contributed by atoms with Gasteiger partial charge in [-0.2, -0.15) is 18.4 Å². The molecule has 41 heavy (non-hydrogen) atoms. The Bertz CT molecular complexity index is 1160. The number of aliphatic hydroxyl groups is 1. The fraction of sp³-hybridized carbons (Fsp3) is 0.750. The Hall–Kier alpha value is -2.82. The zero-order valence-electron chi connectivity index (χ0n) is 23.9. The molecule has 0 radical (unpaired) electrons. The average Bonchev–Trinajstić information content (AvgIpc) is 3.35. The van der Waals surface area contributed by atoms with Gasteiger partial charge in [-0.05, 0) is 40.0 Å². The fourth-order valence-corrected chi connectivity index (χ4v) is 6.45. The quantitative estimate of drug-likeness (QED) is 0.575. The third-order valence-corrected chi connectivity index (χ3v) is 8.72. The Labute approximate surface area is 238 Å². The Balaban J connectivity index is 1.30. The van der Waals surface area contributed by atoms with Crippen molar-refractivity contribution >= 4 is 17.6 Å². The SMILES string of the molecule is CC(C)(C)OC(=O)N1CCN(C2CN(c3cc(N4CCC5(CCCO5)C(CO)C4)nc(C(F)(F)F)c3C#N)C2)CC1. The van der Waals surface area contributed by atoms with Gasteiger partial charge in [0.25, 0.3) is 0 Å². The molecule has 4 fully saturated rings. The monoisotopic (exact) mass is 580 g/mol. The molecule has 4 aliphatic heterocycles. The lowest BCUT2D eigenvalue weighted by molar-refractivity contribution is -0.141. The van der Waals surface area contributed by atoms with Gasteiger partial charge in [0.1, 0.15) is 23.1 Å². The highest BCUT2D eigenvalue weighted by molar-refractivity contribution is 5.69. The molecule has 2 atom stereocenters. The summed E-state index contributed by atoms with van der Waals surface area (Å²) in [6.07, 6.45) is -2.81. The first-order chi connectivity index (χ1) is 19.3. The molecule has 0 aromatic carbocycles. The predicted molar refractivity (Wildman–Crippen MR) is 145 cm³/mol. The smallest absolute Gasteiger partial charge is 0.434 e. The Morgan fingerprint density at radius 1 is 1.15 bits per heavy atom. The summed E-state index contributed by atoms with van der Waals surface area (Å²) in [5.74, 6) is -0.0752. The van der Waals surface area contributed by atoms with Crippen LogP contribution < -0.4 is 9.80 Å². The van der Waals surface area contributed by atoms with E-state index in [0.29, 0.717) is 65.4 Å². The maximum atomic E-state index is 14.1. The number of anilines is 2. The molecule has 10 nitrogen and oxygen atoms in total. The minimum atomic E-state index is -4.79. The molecule has 4 saturated heterocycles.